The number of piperidine rings is 1. The number of likely N-dealkylation sites (tertiary alicyclic amines) is 1. The molecule has 7 nitrogen and oxygen atoms in total. The van der Waals surface area contributed by atoms with Crippen molar-refractivity contribution in [1.29, 1.82) is 0 Å². The number of carbonyl (C=O) groups is 2. The number of urea groups is 1. The van der Waals surface area contributed by atoms with Gasteiger partial charge >= 0.3 is 6.03 Å². The van der Waals surface area contributed by atoms with Crippen LogP contribution in [-0.4, -0.2) is 42.0 Å². The van der Waals surface area contributed by atoms with E-state index in [9.17, 15) is 9.59 Å². The summed E-state index contributed by atoms with van der Waals surface area (Å²) in [7, 11) is 1.58. The molecular formula is C17H20N4O3. The molecule has 1 saturated heterocycles. The first kappa shape index (κ1) is 16.0. The summed E-state index contributed by atoms with van der Waals surface area (Å²) in [4.78, 5) is 29.9. The van der Waals surface area contributed by atoms with Gasteiger partial charge < -0.3 is 20.7 Å². The summed E-state index contributed by atoms with van der Waals surface area (Å²) in [5, 5.41) is 3.70. The van der Waals surface area contributed by atoms with E-state index in [-0.39, 0.29) is 17.9 Å². The van der Waals surface area contributed by atoms with E-state index in [0.717, 1.165) is 18.2 Å². The van der Waals surface area contributed by atoms with Crippen LogP contribution in [0.1, 0.15) is 12.8 Å². The van der Waals surface area contributed by atoms with Crippen molar-refractivity contribution >= 4 is 28.5 Å². The summed E-state index contributed by atoms with van der Waals surface area (Å²) in [6, 6.07) is 7.00. The van der Waals surface area contributed by atoms with Crippen LogP contribution in [0.15, 0.2) is 30.5 Å². The van der Waals surface area contributed by atoms with Gasteiger partial charge in [-0.05, 0) is 37.1 Å². The van der Waals surface area contributed by atoms with Gasteiger partial charge in [0.05, 0.1) is 18.7 Å². The summed E-state index contributed by atoms with van der Waals surface area (Å²) in [6.45, 7) is 0.968. The Balaban J connectivity index is 1.82. The minimum Gasteiger partial charge on any atom is -0.494 e. The van der Waals surface area contributed by atoms with Crippen molar-refractivity contribution in [2.24, 2.45) is 11.7 Å². The summed E-state index contributed by atoms with van der Waals surface area (Å²) in [5.41, 5.74) is 6.71. The number of nitrogens with two attached hydrogens (primary N) is 1. The van der Waals surface area contributed by atoms with Gasteiger partial charge in [-0.3, -0.25) is 9.78 Å². The van der Waals surface area contributed by atoms with Gasteiger partial charge in [-0.2, -0.15) is 0 Å². The van der Waals surface area contributed by atoms with Gasteiger partial charge in [-0.1, -0.05) is 0 Å². The maximum atomic E-state index is 12.5. The summed E-state index contributed by atoms with van der Waals surface area (Å²) < 4.78 is 5.31. The number of nitrogens with zero attached hydrogens (tertiary/aromatic N) is 2. The Hall–Kier alpha value is -2.83. The number of ether oxygens (including phenoxy) is 1. The smallest absolute Gasteiger partial charge is 0.321 e. The number of benzene rings is 1. The lowest BCUT2D eigenvalue weighted by Gasteiger charge is -2.31. The highest BCUT2D eigenvalue weighted by molar-refractivity contribution is 6.02. The summed E-state index contributed by atoms with van der Waals surface area (Å²) in [6.07, 6.45) is 3.18. The average Bonchev–Trinajstić information content (AvgIpc) is 2.62. The molecule has 3 rings (SSSR count). The quantitative estimate of drug-likeness (QED) is 0.900. The summed E-state index contributed by atoms with van der Waals surface area (Å²) in [5.74, 6) is 0.0146. The molecule has 126 valence electrons. The minimum atomic E-state index is -0.355. The number of anilines is 1. The molecule has 1 unspecified atom stereocenters. The molecule has 2 aromatic rings. The van der Waals surface area contributed by atoms with E-state index >= 15 is 0 Å². The molecule has 7 heteroatoms. The van der Waals surface area contributed by atoms with E-state index in [1.165, 1.54) is 0 Å². The Morgan fingerprint density at radius 1 is 1.38 bits per heavy atom. The monoisotopic (exact) mass is 328 g/mol. The Morgan fingerprint density at radius 2 is 2.21 bits per heavy atom. The minimum absolute atomic E-state index is 0.240. The SMILES string of the molecule is COc1ccc(NC(=O)N2CCCC(C(N)=O)C2)c2cccnc12. The number of primary amides is 1. The molecular weight excluding hydrogens is 308 g/mol. The number of rotatable bonds is 3. The van der Waals surface area contributed by atoms with E-state index in [1.807, 2.05) is 6.07 Å². The number of fused-ring (bicyclic) bond motifs is 1. The summed E-state index contributed by atoms with van der Waals surface area (Å²) >= 11 is 0. The van der Waals surface area contributed by atoms with Crippen molar-refractivity contribution in [2.45, 2.75) is 12.8 Å². The second kappa shape index (κ2) is 6.74. The molecule has 1 aliphatic rings. The van der Waals surface area contributed by atoms with E-state index in [0.29, 0.717) is 30.0 Å². The van der Waals surface area contributed by atoms with Gasteiger partial charge in [-0.15, -0.1) is 0 Å². The lowest BCUT2D eigenvalue weighted by molar-refractivity contribution is -0.123. The number of nitrogens with one attached hydrogen (secondary N) is 1. The number of amides is 3. The van der Waals surface area contributed by atoms with Crippen LogP contribution in [0.5, 0.6) is 5.75 Å². The van der Waals surface area contributed by atoms with Crippen LogP contribution in [-0.2, 0) is 4.79 Å². The first-order valence-electron chi connectivity index (χ1n) is 7.87. The predicted molar refractivity (Wildman–Crippen MR) is 90.8 cm³/mol. The maximum Gasteiger partial charge on any atom is 0.321 e. The number of hydrogen-bond donors (Lipinski definition) is 2. The van der Waals surface area contributed by atoms with Crippen molar-refractivity contribution in [3.63, 3.8) is 0 Å². The lowest BCUT2D eigenvalue weighted by Crippen LogP contribution is -2.45. The molecule has 0 spiro atoms. The Kier molecular flexibility index (Phi) is 4.50. The molecule has 1 aromatic carbocycles. The Morgan fingerprint density at radius 3 is 2.96 bits per heavy atom. The standard InChI is InChI=1S/C17H20N4O3/c1-24-14-7-6-13(12-5-2-8-19-15(12)14)20-17(23)21-9-3-4-11(10-21)16(18)22/h2,5-8,11H,3-4,9-10H2,1H3,(H2,18,22)(H,20,23). The van der Waals surface area contributed by atoms with E-state index in [4.69, 9.17) is 10.5 Å². The van der Waals surface area contributed by atoms with Crippen molar-refractivity contribution in [3.05, 3.63) is 30.5 Å². The Bertz CT molecular complexity index is 778. The van der Waals surface area contributed by atoms with Crippen LogP contribution in [0.25, 0.3) is 10.9 Å². The number of aromatic nitrogens is 1. The maximum absolute atomic E-state index is 12.5. The van der Waals surface area contributed by atoms with Gasteiger partial charge in [-0.25, -0.2) is 4.79 Å². The molecule has 0 aliphatic carbocycles. The molecule has 0 saturated carbocycles. The van der Waals surface area contributed by atoms with Crippen molar-refractivity contribution in [1.82, 2.24) is 9.88 Å². The molecule has 0 radical (unpaired) electrons. The second-order valence-corrected chi connectivity index (χ2v) is 5.83. The third kappa shape index (κ3) is 3.10. The van der Waals surface area contributed by atoms with Gasteiger partial charge in [0.25, 0.3) is 0 Å². The van der Waals surface area contributed by atoms with Gasteiger partial charge in [0.1, 0.15) is 11.3 Å². The largest absolute Gasteiger partial charge is 0.494 e. The zero-order valence-corrected chi connectivity index (χ0v) is 13.5. The third-order valence-electron chi connectivity index (χ3n) is 4.31. The van der Waals surface area contributed by atoms with Crippen LogP contribution in [0.2, 0.25) is 0 Å². The third-order valence-corrected chi connectivity index (χ3v) is 4.31. The molecule has 0 bridgehead atoms. The zero-order chi connectivity index (χ0) is 17.1. The van der Waals surface area contributed by atoms with Gasteiger partial charge in [0.15, 0.2) is 0 Å². The zero-order valence-electron chi connectivity index (χ0n) is 13.5. The van der Waals surface area contributed by atoms with E-state index in [2.05, 4.69) is 10.3 Å². The lowest BCUT2D eigenvalue weighted by atomic mass is 9.98. The van der Waals surface area contributed by atoms with Crippen molar-refractivity contribution < 1.29 is 14.3 Å². The first-order chi connectivity index (χ1) is 11.6. The topological polar surface area (TPSA) is 97.5 Å². The fraction of sp³-hybridized carbons (Fsp3) is 0.353. The Labute approximate surface area is 139 Å². The molecule has 3 N–H and O–H groups in total. The number of methoxy groups -OCH3 is 1. The highest BCUT2D eigenvalue weighted by Gasteiger charge is 2.27. The van der Waals surface area contributed by atoms with Crippen molar-refractivity contribution in [2.75, 3.05) is 25.5 Å². The van der Waals surface area contributed by atoms with Crippen LogP contribution in [0.3, 0.4) is 0 Å². The fourth-order valence-electron chi connectivity index (χ4n) is 3.01. The van der Waals surface area contributed by atoms with Crippen LogP contribution < -0.4 is 15.8 Å². The average molecular weight is 328 g/mol. The molecule has 24 heavy (non-hydrogen) atoms. The first-order valence-corrected chi connectivity index (χ1v) is 7.87. The van der Waals surface area contributed by atoms with Crippen LogP contribution in [0.4, 0.5) is 10.5 Å². The number of carbonyl (C=O) groups excluding carboxylic acids is 2. The normalized spacial score (nSPS) is 17.5. The molecule has 1 aliphatic heterocycles. The fourth-order valence-corrected chi connectivity index (χ4v) is 3.01. The molecule has 2 heterocycles. The van der Waals surface area contributed by atoms with Crippen LogP contribution in [0, 0.1) is 5.92 Å². The predicted octanol–water partition coefficient (Wildman–Crippen LogP) is 1.97. The van der Waals surface area contributed by atoms with Crippen LogP contribution >= 0.6 is 0 Å². The van der Waals surface area contributed by atoms with Crippen molar-refractivity contribution in [3.8, 4) is 5.75 Å². The highest BCUT2D eigenvalue weighted by Crippen LogP contribution is 2.30. The van der Waals surface area contributed by atoms with Gasteiger partial charge in [0, 0.05) is 24.7 Å². The molecule has 1 atom stereocenters. The van der Waals surface area contributed by atoms with E-state index < -0.39 is 0 Å². The van der Waals surface area contributed by atoms with E-state index in [1.54, 1.807) is 36.4 Å². The van der Waals surface area contributed by atoms with Gasteiger partial charge in [0.2, 0.25) is 5.91 Å². The molecule has 1 fully saturated rings. The number of hydrogen-bond acceptors (Lipinski definition) is 4. The second-order valence-electron chi connectivity index (χ2n) is 5.83. The highest BCUT2D eigenvalue weighted by atomic mass is 16.5. The molecule has 3 amide bonds. The molecule has 1 aromatic heterocycles. The number of pyridine rings is 1.